The Morgan fingerprint density at radius 2 is 2.14 bits per heavy atom. The maximum absolute atomic E-state index is 12.5. The third-order valence-electron chi connectivity index (χ3n) is 3.88. The van der Waals surface area contributed by atoms with E-state index in [1.807, 2.05) is 36.4 Å². The maximum atomic E-state index is 12.5. The Morgan fingerprint density at radius 3 is 2.76 bits per heavy atom. The quantitative estimate of drug-likeness (QED) is 0.853. The molecule has 3 rings (SSSR count). The van der Waals surface area contributed by atoms with Crippen LogP contribution in [0.25, 0.3) is 11.5 Å². The average molecular weight is 288 g/mol. The molecule has 2 aromatic rings. The second-order valence-electron chi connectivity index (χ2n) is 5.54. The van der Waals surface area contributed by atoms with Gasteiger partial charge >= 0.3 is 0 Å². The largest absolute Gasteiger partial charge is 0.333 e. The average Bonchev–Trinajstić information content (AvgIpc) is 2.99. The third-order valence-corrected chi connectivity index (χ3v) is 3.88. The number of aromatic nitrogens is 5. The molecule has 0 spiro atoms. The highest BCUT2D eigenvalue weighted by molar-refractivity contribution is 5.81. The van der Waals surface area contributed by atoms with E-state index < -0.39 is 0 Å². The fraction of sp³-hybridized carbons (Fsp3) is 0.571. The van der Waals surface area contributed by atoms with E-state index in [-0.39, 0.29) is 11.9 Å². The molecule has 0 saturated carbocycles. The molecule has 1 aliphatic heterocycles. The summed E-state index contributed by atoms with van der Waals surface area (Å²) in [4.78, 5) is 14.3. The molecule has 0 unspecified atom stereocenters. The van der Waals surface area contributed by atoms with E-state index in [4.69, 9.17) is 0 Å². The highest BCUT2D eigenvalue weighted by Crippen LogP contribution is 2.28. The molecule has 0 fully saturated rings. The van der Waals surface area contributed by atoms with Gasteiger partial charge in [0.15, 0.2) is 11.6 Å². The van der Waals surface area contributed by atoms with Crippen LogP contribution in [-0.2, 0) is 18.4 Å². The lowest BCUT2D eigenvalue weighted by atomic mass is 10.2. The van der Waals surface area contributed by atoms with Gasteiger partial charge < -0.3 is 4.90 Å². The molecule has 2 aromatic heterocycles. The van der Waals surface area contributed by atoms with Crippen LogP contribution in [0, 0.1) is 6.92 Å². The summed E-state index contributed by atoms with van der Waals surface area (Å²) in [5.74, 6) is 1.68. The van der Waals surface area contributed by atoms with Gasteiger partial charge in [-0.15, -0.1) is 10.2 Å². The molecule has 1 amide bonds. The highest BCUT2D eigenvalue weighted by Gasteiger charge is 2.33. The third kappa shape index (κ3) is 2.12. The van der Waals surface area contributed by atoms with Crippen molar-refractivity contribution in [3.05, 3.63) is 17.6 Å². The Morgan fingerprint density at radius 1 is 1.38 bits per heavy atom. The number of rotatable bonds is 3. The van der Waals surface area contributed by atoms with E-state index in [2.05, 4.69) is 22.2 Å². The second kappa shape index (κ2) is 4.98. The van der Waals surface area contributed by atoms with Crippen molar-refractivity contribution < 1.29 is 4.79 Å². The number of carbonyl (C=O) groups excluding carboxylic acids is 1. The van der Waals surface area contributed by atoms with Gasteiger partial charge in [-0.2, -0.15) is 5.10 Å². The second-order valence-corrected chi connectivity index (χ2v) is 5.54. The van der Waals surface area contributed by atoms with Crippen molar-refractivity contribution in [3.8, 4) is 11.5 Å². The summed E-state index contributed by atoms with van der Waals surface area (Å²) in [6.07, 6.45) is 0.945. The number of fused-ring (bicyclic) bond motifs is 1. The highest BCUT2D eigenvalue weighted by atomic mass is 16.2. The van der Waals surface area contributed by atoms with E-state index in [9.17, 15) is 4.79 Å². The SMILES string of the molecule is CCCN1Cc2nnc(-c3cc(C)nn3C)n2[C@H](C)C1=O. The summed E-state index contributed by atoms with van der Waals surface area (Å²) in [7, 11) is 1.88. The number of aryl methyl sites for hydroxylation is 2. The Labute approximate surface area is 123 Å². The topological polar surface area (TPSA) is 68.8 Å². The van der Waals surface area contributed by atoms with Crippen LogP contribution < -0.4 is 0 Å². The Hall–Kier alpha value is -2.18. The zero-order valence-electron chi connectivity index (χ0n) is 12.9. The van der Waals surface area contributed by atoms with Gasteiger partial charge in [-0.25, -0.2) is 0 Å². The number of hydrogen-bond donors (Lipinski definition) is 0. The number of carbonyl (C=O) groups is 1. The van der Waals surface area contributed by atoms with E-state index in [1.54, 1.807) is 4.68 Å². The number of amides is 1. The molecule has 3 heterocycles. The molecule has 0 aliphatic carbocycles. The van der Waals surface area contributed by atoms with Crippen LogP contribution in [-0.4, -0.2) is 41.9 Å². The smallest absolute Gasteiger partial charge is 0.245 e. The lowest BCUT2D eigenvalue weighted by Gasteiger charge is -2.31. The van der Waals surface area contributed by atoms with Gasteiger partial charge in [-0.1, -0.05) is 6.92 Å². The summed E-state index contributed by atoms with van der Waals surface area (Å²) in [6.45, 7) is 7.20. The zero-order chi connectivity index (χ0) is 15.1. The lowest BCUT2D eigenvalue weighted by molar-refractivity contribution is -0.136. The molecule has 0 aromatic carbocycles. The predicted octanol–water partition coefficient (Wildman–Crippen LogP) is 1.30. The van der Waals surface area contributed by atoms with Crippen molar-refractivity contribution in [2.45, 2.75) is 39.8 Å². The van der Waals surface area contributed by atoms with Crippen LogP contribution in [0.15, 0.2) is 6.07 Å². The van der Waals surface area contributed by atoms with Crippen molar-refractivity contribution in [3.63, 3.8) is 0 Å². The van der Waals surface area contributed by atoms with Crippen molar-refractivity contribution >= 4 is 5.91 Å². The van der Waals surface area contributed by atoms with Crippen LogP contribution >= 0.6 is 0 Å². The minimum absolute atomic E-state index is 0.129. The van der Waals surface area contributed by atoms with Gasteiger partial charge in [0.1, 0.15) is 11.7 Å². The molecule has 1 aliphatic rings. The van der Waals surface area contributed by atoms with Crippen LogP contribution in [0.2, 0.25) is 0 Å². The molecular weight excluding hydrogens is 268 g/mol. The molecule has 0 radical (unpaired) electrons. The Kier molecular flexibility index (Phi) is 3.27. The fourth-order valence-electron chi connectivity index (χ4n) is 2.92. The Bertz CT molecular complexity index is 686. The van der Waals surface area contributed by atoms with Gasteiger partial charge in [0.05, 0.1) is 12.2 Å². The molecule has 1 atom stereocenters. The van der Waals surface area contributed by atoms with Gasteiger partial charge in [0, 0.05) is 13.6 Å². The van der Waals surface area contributed by atoms with E-state index in [1.165, 1.54) is 0 Å². The molecule has 7 nitrogen and oxygen atoms in total. The first kappa shape index (κ1) is 13.8. The standard InChI is InChI=1S/C14H20N6O/c1-5-6-19-8-12-15-16-13(20(12)10(3)14(19)21)11-7-9(2)17-18(11)4/h7,10H,5-6,8H2,1-4H3/t10-/m1/s1. The first-order chi connectivity index (χ1) is 10.0. The van der Waals surface area contributed by atoms with Crippen LogP contribution in [0.1, 0.15) is 37.8 Å². The first-order valence-corrected chi connectivity index (χ1v) is 7.26. The summed E-state index contributed by atoms with van der Waals surface area (Å²) in [5.41, 5.74) is 1.81. The minimum atomic E-state index is -0.277. The normalized spacial score (nSPS) is 18.2. The zero-order valence-corrected chi connectivity index (χ0v) is 12.9. The summed E-state index contributed by atoms with van der Waals surface area (Å²) in [6, 6.07) is 1.69. The molecule has 0 saturated heterocycles. The van der Waals surface area contributed by atoms with Crippen LogP contribution in [0.3, 0.4) is 0 Å². The van der Waals surface area contributed by atoms with Crippen molar-refractivity contribution in [1.82, 2.24) is 29.4 Å². The summed E-state index contributed by atoms with van der Waals surface area (Å²) in [5, 5.41) is 12.9. The van der Waals surface area contributed by atoms with Crippen molar-refractivity contribution in [1.29, 1.82) is 0 Å². The van der Waals surface area contributed by atoms with Crippen LogP contribution in [0.5, 0.6) is 0 Å². The van der Waals surface area contributed by atoms with Gasteiger partial charge in [0.2, 0.25) is 5.91 Å². The number of nitrogens with zero attached hydrogens (tertiary/aromatic N) is 6. The van der Waals surface area contributed by atoms with E-state index in [0.717, 1.165) is 30.2 Å². The minimum Gasteiger partial charge on any atom is -0.333 e. The van der Waals surface area contributed by atoms with Gasteiger partial charge in [-0.05, 0) is 26.3 Å². The summed E-state index contributed by atoms with van der Waals surface area (Å²) < 4.78 is 3.72. The number of hydrogen-bond acceptors (Lipinski definition) is 4. The predicted molar refractivity (Wildman–Crippen MR) is 77.4 cm³/mol. The molecular formula is C14H20N6O. The Balaban J connectivity index is 2.06. The maximum Gasteiger partial charge on any atom is 0.245 e. The fourth-order valence-corrected chi connectivity index (χ4v) is 2.92. The molecule has 112 valence electrons. The van der Waals surface area contributed by atoms with E-state index in [0.29, 0.717) is 12.4 Å². The monoisotopic (exact) mass is 288 g/mol. The first-order valence-electron chi connectivity index (χ1n) is 7.26. The van der Waals surface area contributed by atoms with Gasteiger partial charge in [0.25, 0.3) is 0 Å². The molecule has 0 N–H and O–H groups in total. The van der Waals surface area contributed by atoms with Crippen molar-refractivity contribution in [2.24, 2.45) is 7.05 Å². The van der Waals surface area contributed by atoms with Crippen molar-refractivity contribution in [2.75, 3.05) is 6.54 Å². The summed E-state index contributed by atoms with van der Waals surface area (Å²) >= 11 is 0. The molecule has 7 heteroatoms. The molecule has 21 heavy (non-hydrogen) atoms. The van der Waals surface area contributed by atoms with Crippen LogP contribution in [0.4, 0.5) is 0 Å². The molecule has 0 bridgehead atoms. The van der Waals surface area contributed by atoms with Gasteiger partial charge in [-0.3, -0.25) is 14.0 Å². The van der Waals surface area contributed by atoms with E-state index >= 15 is 0 Å². The lowest BCUT2D eigenvalue weighted by Crippen LogP contribution is -2.42.